The first kappa shape index (κ1) is 19.6. The Labute approximate surface area is 176 Å². The number of carboxylic acid groups (broad SMARTS) is 1. The number of aromatic nitrogens is 1. The van der Waals surface area contributed by atoms with Gasteiger partial charge in [-0.1, -0.05) is 30.3 Å². The molecule has 4 rings (SSSR count). The van der Waals surface area contributed by atoms with E-state index in [9.17, 15) is 14.7 Å². The van der Waals surface area contributed by atoms with E-state index in [0.29, 0.717) is 22.6 Å². The SMILES string of the molecule is CC(=O)c1c(-c2ccco2)cc(-c2cccs2)nc1OCc1ccc(C(=O)[O-])cc1. The Balaban J connectivity index is 1.75. The number of Topliss-reactive ketones (excluding diaryl/α,β-unsaturated/α-hetero) is 1. The van der Waals surface area contributed by atoms with Gasteiger partial charge in [0.05, 0.1) is 28.4 Å². The lowest BCUT2D eigenvalue weighted by atomic mass is 10.0. The highest BCUT2D eigenvalue weighted by atomic mass is 32.1. The van der Waals surface area contributed by atoms with Gasteiger partial charge in [-0.15, -0.1) is 11.3 Å². The number of ketones is 1. The smallest absolute Gasteiger partial charge is 0.226 e. The highest BCUT2D eigenvalue weighted by Gasteiger charge is 2.21. The second-order valence-corrected chi connectivity index (χ2v) is 7.47. The van der Waals surface area contributed by atoms with Gasteiger partial charge in [0, 0.05) is 5.56 Å². The monoisotopic (exact) mass is 418 g/mol. The molecule has 7 heteroatoms. The fraction of sp³-hybridized carbons (Fsp3) is 0.0870. The number of hydrogen-bond donors (Lipinski definition) is 0. The number of rotatable bonds is 7. The lowest BCUT2D eigenvalue weighted by Gasteiger charge is -2.14. The van der Waals surface area contributed by atoms with Crippen LogP contribution in [0.4, 0.5) is 0 Å². The van der Waals surface area contributed by atoms with E-state index < -0.39 is 5.97 Å². The van der Waals surface area contributed by atoms with Gasteiger partial charge in [0.15, 0.2) is 5.78 Å². The summed E-state index contributed by atoms with van der Waals surface area (Å²) in [5, 5.41) is 12.9. The van der Waals surface area contributed by atoms with Gasteiger partial charge < -0.3 is 19.1 Å². The molecule has 6 nitrogen and oxygen atoms in total. The molecule has 0 radical (unpaired) electrons. The summed E-state index contributed by atoms with van der Waals surface area (Å²) >= 11 is 1.53. The molecule has 0 fully saturated rings. The van der Waals surface area contributed by atoms with Gasteiger partial charge in [0.2, 0.25) is 5.88 Å². The molecule has 1 aromatic carbocycles. The molecule has 0 spiro atoms. The second kappa shape index (κ2) is 8.34. The molecule has 0 saturated carbocycles. The van der Waals surface area contributed by atoms with Gasteiger partial charge >= 0.3 is 0 Å². The van der Waals surface area contributed by atoms with Crippen molar-refractivity contribution in [3.63, 3.8) is 0 Å². The average molecular weight is 418 g/mol. The number of benzene rings is 1. The Hall–Kier alpha value is -3.71. The molecule has 3 aromatic heterocycles. The Bertz CT molecular complexity index is 1180. The largest absolute Gasteiger partial charge is 0.545 e. The molecule has 0 aliphatic carbocycles. The molecule has 0 amide bonds. The van der Waals surface area contributed by atoms with Crippen LogP contribution in [0.1, 0.15) is 33.2 Å². The van der Waals surface area contributed by atoms with Crippen LogP contribution in [-0.2, 0) is 6.61 Å². The van der Waals surface area contributed by atoms with Crippen LogP contribution < -0.4 is 9.84 Å². The number of pyridine rings is 1. The highest BCUT2D eigenvalue weighted by Crippen LogP contribution is 2.36. The molecule has 150 valence electrons. The standard InChI is InChI=1S/C23H17NO5S/c1-14(25)21-17(19-4-2-10-28-19)12-18(20-5-3-11-30-20)24-22(21)29-13-15-6-8-16(9-7-15)23(26)27/h2-12H,13H2,1H3,(H,26,27)/p-1. The van der Waals surface area contributed by atoms with Crippen molar-refractivity contribution < 1.29 is 23.8 Å². The fourth-order valence-electron chi connectivity index (χ4n) is 3.03. The molecule has 0 bridgehead atoms. The number of hydrogen-bond acceptors (Lipinski definition) is 7. The van der Waals surface area contributed by atoms with E-state index >= 15 is 0 Å². The predicted octanol–water partition coefficient (Wildman–Crippen LogP) is 4.22. The van der Waals surface area contributed by atoms with Gasteiger partial charge in [-0.25, -0.2) is 4.98 Å². The van der Waals surface area contributed by atoms with Crippen LogP contribution >= 0.6 is 11.3 Å². The minimum absolute atomic E-state index is 0.0844. The number of carboxylic acids is 1. The first-order valence-electron chi connectivity index (χ1n) is 9.09. The summed E-state index contributed by atoms with van der Waals surface area (Å²) in [6.07, 6.45) is 1.55. The van der Waals surface area contributed by atoms with E-state index in [4.69, 9.17) is 9.15 Å². The molecule has 30 heavy (non-hydrogen) atoms. The number of ether oxygens (including phenoxy) is 1. The third-order valence-corrected chi connectivity index (χ3v) is 5.36. The number of nitrogens with zero attached hydrogens (tertiary/aromatic N) is 1. The number of aromatic carboxylic acids is 1. The van der Waals surface area contributed by atoms with Crippen molar-refractivity contribution in [2.24, 2.45) is 0 Å². The molecule has 0 N–H and O–H groups in total. The third-order valence-electron chi connectivity index (χ3n) is 4.46. The molecule has 4 aromatic rings. The first-order valence-corrected chi connectivity index (χ1v) is 9.97. The maximum atomic E-state index is 12.5. The summed E-state index contributed by atoms with van der Waals surface area (Å²) < 4.78 is 11.5. The first-order chi connectivity index (χ1) is 14.5. The van der Waals surface area contributed by atoms with E-state index in [2.05, 4.69) is 4.98 Å². The van der Waals surface area contributed by atoms with E-state index in [0.717, 1.165) is 10.4 Å². The lowest BCUT2D eigenvalue weighted by Crippen LogP contribution is -2.22. The van der Waals surface area contributed by atoms with Gasteiger partial charge in [-0.05, 0) is 47.7 Å². The number of furan rings is 1. The van der Waals surface area contributed by atoms with Crippen molar-refractivity contribution in [2.45, 2.75) is 13.5 Å². The number of thiophene rings is 1. The average Bonchev–Trinajstić information content (AvgIpc) is 3.46. The van der Waals surface area contributed by atoms with E-state index in [1.165, 1.54) is 30.4 Å². The number of carbonyl (C=O) groups excluding carboxylic acids is 2. The quantitative estimate of drug-likeness (QED) is 0.417. The van der Waals surface area contributed by atoms with Gasteiger partial charge in [-0.3, -0.25) is 4.79 Å². The fourth-order valence-corrected chi connectivity index (χ4v) is 3.72. The summed E-state index contributed by atoms with van der Waals surface area (Å²) in [5.41, 5.74) is 2.42. The zero-order chi connectivity index (χ0) is 21.1. The van der Waals surface area contributed by atoms with Crippen molar-refractivity contribution in [2.75, 3.05) is 0 Å². The van der Waals surface area contributed by atoms with Crippen LogP contribution in [-0.4, -0.2) is 16.7 Å². The van der Waals surface area contributed by atoms with E-state index in [1.807, 2.05) is 23.6 Å². The van der Waals surface area contributed by atoms with Crippen molar-refractivity contribution >= 4 is 23.1 Å². The Morgan fingerprint density at radius 1 is 1.13 bits per heavy atom. The highest BCUT2D eigenvalue weighted by molar-refractivity contribution is 7.13. The predicted molar refractivity (Wildman–Crippen MR) is 110 cm³/mol. The van der Waals surface area contributed by atoms with E-state index in [1.54, 1.807) is 30.5 Å². The van der Waals surface area contributed by atoms with Crippen LogP contribution in [0, 0.1) is 0 Å². The van der Waals surface area contributed by atoms with Gasteiger partial charge in [-0.2, -0.15) is 0 Å². The zero-order valence-corrected chi connectivity index (χ0v) is 16.8. The Morgan fingerprint density at radius 3 is 2.53 bits per heavy atom. The molecule has 3 heterocycles. The maximum absolute atomic E-state index is 12.5. The summed E-state index contributed by atoms with van der Waals surface area (Å²) in [6.45, 7) is 1.57. The third kappa shape index (κ3) is 4.01. The lowest BCUT2D eigenvalue weighted by molar-refractivity contribution is -0.255. The minimum Gasteiger partial charge on any atom is -0.545 e. The van der Waals surface area contributed by atoms with Gasteiger partial charge in [0.25, 0.3) is 0 Å². The molecule has 0 saturated heterocycles. The van der Waals surface area contributed by atoms with Crippen LogP contribution in [0.25, 0.3) is 21.9 Å². The van der Waals surface area contributed by atoms with Crippen LogP contribution in [0.5, 0.6) is 5.88 Å². The van der Waals surface area contributed by atoms with Crippen molar-refractivity contribution in [3.05, 3.63) is 82.9 Å². The van der Waals surface area contributed by atoms with Crippen LogP contribution in [0.2, 0.25) is 0 Å². The van der Waals surface area contributed by atoms with Crippen molar-refractivity contribution in [1.82, 2.24) is 4.98 Å². The molecule has 0 atom stereocenters. The summed E-state index contributed by atoms with van der Waals surface area (Å²) in [7, 11) is 0. The van der Waals surface area contributed by atoms with Crippen LogP contribution in [0.15, 0.2) is 70.7 Å². The normalized spacial score (nSPS) is 10.7. The topological polar surface area (TPSA) is 92.5 Å². The van der Waals surface area contributed by atoms with Gasteiger partial charge in [0.1, 0.15) is 12.4 Å². The molecular formula is C23H16NO5S-. The minimum atomic E-state index is -1.24. The molecule has 0 aliphatic rings. The zero-order valence-electron chi connectivity index (χ0n) is 16.0. The Morgan fingerprint density at radius 2 is 1.93 bits per heavy atom. The summed E-state index contributed by atoms with van der Waals surface area (Å²) in [4.78, 5) is 28.9. The summed E-state index contributed by atoms with van der Waals surface area (Å²) in [6, 6.07) is 15.4. The van der Waals surface area contributed by atoms with E-state index in [-0.39, 0.29) is 23.8 Å². The maximum Gasteiger partial charge on any atom is 0.226 e. The Kier molecular flexibility index (Phi) is 5.45. The van der Waals surface area contributed by atoms with Crippen molar-refractivity contribution in [3.8, 4) is 27.8 Å². The number of carbonyl (C=O) groups is 2. The summed E-state index contributed by atoms with van der Waals surface area (Å²) in [5.74, 6) is -0.698. The molecular weight excluding hydrogens is 402 g/mol. The molecule has 0 unspecified atom stereocenters. The van der Waals surface area contributed by atoms with Crippen LogP contribution in [0.3, 0.4) is 0 Å². The second-order valence-electron chi connectivity index (χ2n) is 6.52. The molecule has 0 aliphatic heterocycles. The van der Waals surface area contributed by atoms with Crippen molar-refractivity contribution in [1.29, 1.82) is 0 Å².